The van der Waals surface area contributed by atoms with E-state index < -0.39 is 29.2 Å². The fraction of sp³-hybridized carbons (Fsp3) is 0.353. The van der Waals surface area contributed by atoms with E-state index in [0.29, 0.717) is 5.69 Å². The second-order valence-corrected chi connectivity index (χ2v) is 7.24. The van der Waals surface area contributed by atoms with Crippen LogP contribution in [0.25, 0.3) is 0 Å². The fourth-order valence-corrected chi connectivity index (χ4v) is 3.54. The molecule has 0 saturated carbocycles. The molecule has 0 radical (unpaired) electrons. The molecule has 2 aliphatic rings. The third-order valence-electron chi connectivity index (χ3n) is 4.27. The summed E-state index contributed by atoms with van der Waals surface area (Å²) in [7, 11) is 0. The van der Waals surface area contributed by atoms with Crippen LogP contribution in [0.3, 0.4) is 0 Å². The number of amides is 3. The second kappa shape index (κ2) is 6.78. The monoisotopic (exact) mass is 469 g/mol. The SMILES string of the molecule is CCOC(=O)C1=NN(C(C)=O)[C@@]2(CC(=O)N(c3ccc(I)cc3)C2=O)C1. The summed E-state index contributed by atoms with van der Waals surface area (Å²) in [5.41, 5.74) is -1.12. The van der Waals surface area contributed by atoms with E-state index in [4.69, 9.17) is 4.74 Å². The van der Waals surface area contributed by atoms with Crippen molar-refractivity contribution >= 4 is 57.7 Å². The number of hydrazone groups is 1. The normalized spacial score (nSPS) is 22.2. The van der Waals surface area contributed by atoms with Gasteiger partial charge in [-0.2, -0.15) is 5.10 Å². The Balaban J connectivity index is 1.98. The zero-order chi connectivity index (χ0) is 19.1. The van der Waals surface area contributed by atoms with Crippen LogP contribution in [0, 0.1) is 3.57 Å². The van der Waals surface area contributed by atoms with Gasteiger partial charge in [0.05, 0.1) is 18.7 Å². The zero-order valence-electron chi connectivity index (χ0n) is 14.2. The van der Waals surface area contributed by atoms with E-state index in [9.17, 15) is 19.2 Å². The van der Waals surface area contributed by atoms with E-state index in [0.717, 1.165) is 13.5 Å². The second-order valence-electron chi connectivity index (χ2n) is 5.99. The molecule has 0 aromatic heterocycles. The van der Waals surface area contributed by atoms with E-state index in [1.165, 1.54) is 6.92 Å². The first-order valence-electron chi connectivity index (χ1n) is 7.98. The van der Waals surface area contributed by atoms with Crippen LogP contribution >= 0.6 is 22.6 Å². The van der Waals surface area contributed by atoms with Gasteiger partial charge in [0.1, 0.15) is 5.71 Å². The number of nitrogens with zero attached hydrogens (tertiary/aromatic N) is 3. The molecule has 1 aromatic rings. The summed E-state index contributed by atoms with van der Waals surface area (Å²) in [5, 5.41) is 4.94. The lowest BCUT2D eigenvalue weighted by atomic mass is 9.91. The van der Waals surface area contributed by atoms with Gasteiger partial charge < -0.3 is 4.74 Å². The van der Waals surface area contributed by atoms with Crippen molar-refractivity contribution in [2.24, 2.45) is 5.10 Å². The van der Waals surface area contributed by atoms with Gasteiger partial charge in [0.25, 0.3) is 5.91 Å². The van der Waals surface area contributed by atoms with Crippen LogP contribution in [0.5, 0.6) is 0 Å². The highest BCUT2D eigenvalue weighted by atomic mass is 127. The molecule has 3 rings (SSSR count). The molecule has 2 aliphatic heterocycles. The first-order chi connectivity index (χ1) is 12.3. The number of rotatable bonds is 3. The van der Waals surface area contributed by atoms with E-state index in [2.05, 4.69) is 27.7 Å². The van der Waals surface area contributed by atoms with Crippen molar-refractivity contribution in [2.75, 3.05) is 11.5 Å². The Labute approximate surface area is 163 Å². The molecule has 0 bridgehead atoms. The van der Waals surface area contributed by atoms with Gasteiger partial charge in [-0.05, 0) is 53.8 Å². The van der Waals surface area contributed by atoms with Crippen molar-refractivity contribution in [3.05, 3.63) is 27.8 Å². The molecule has 136 valence electrons. The summed E-state index contributed by atoms with van der Waals surface area (Å²) < 4.78 is 5.88. The Morgan fingerprint density at radius 2 is 1.88 bits per heavy atom. The summed E-state index contributed by atoms with van der Waals surface area (Å²) in [5.74, 6) is -2.22. The van der Waals surface area contributed by atoms with Crippen molar-refractivity contribution < 1.29 is 23.9 Å². The lowest BCUT2D eigenvalue weighted by Crippen LogP contribution is -2.51. The Hall–Kier alpha value is -2.30. The molecule has 0 N–H and O–H groups in total. The maximum atomic E-state index is 13.2. The van der Waals surface area contributed by atoms with Gasteiger partial charge >= 0.3 is 5.97 Å². The molecule has 1 spiro atoms. The Bertz CT molecular complexity index is 835. The average molecular weight is 469 g/mol. The molecule has 9 heteroatoms. The molecule has 1 saturated heterocycles. The van der Waals surface area contributed by atoms with Crippen LogP contribution in [-0.4, -0.2) is 46.6 Å². The summed E-state index contributed by atoms with van der Waals surface area (Å²) in [4.78, 5) is 50.9. The van der Waals surface area contributed by atoms with Gasteiger partial charge in [0.15, 0.2) is 5.54 Å². The number of hydrogen-bond donors (Lipinski definition) is 0. The van der Waals surface area contributed by atoms with Crippen molar-refractivity contribution in [1.82, 2.24) is 5.01 Å². The lowest BCUT2D eigenvalue weighted by Gasteiger charge is -2.28. The molecule has 3 amide bonds. The number of carbonyl (C=O) groups excluding carboxylic acids is 4. The van der Waals surface area contributed by atoms with Gasteiger partial charge in [-0.25, -0.2) is 14.7 Å². The number of benzene rings is 1. The molecule has 2 heterocycles. The molecule has 1 aromatic carbocycles. The van der Waals surface area contributed by atoms with Crippen LogP contribution in [0.1, 0.15) is 26.7 Å². The fourth-order valence-electron chi connectivity index (χ4n) is 3.18. The minimum atomic E-state index is -1.51. The first kappa shape index (κ1) is 18.5. The Kier molecular flexibility index (Phi) is 4.82. The van der Waals surface area contributed by atoms with E-state index >= 15 is 0 Å². The molecule has 1 atom stereocenters. The van der Waals surface area contributed by atoms with E-state index in [1.54, 1.807) is 31.2 Å². The largest absolute Gasteiger partial charge is 0.461 e. The van der Waals surface area contributed by atoms with Gasteiger partial charge in [-0.15, -0.1) is 0 Å². The van der Waals surface area contributed by atoms with Crippen LogP contribution in [0.4, 0.5) is 5.69 Å². The number of imide groups is 1. The number of anilines is 1. The number of carbonyl (C=O) groups is 4. The quantitative estimate of drug-likeness (QED) is 0.380. The third kappa shape index (κ3) is 2.89. The maximum Gasteiger partial charge on any atom is 0.354 e. The molecule has 1 fully saturated rings. The highest BCUT2D eigenvalue weighted by Crippen LogP contribution is 2.40. The van der Waals surface area contributed by atoms with Gasteiger partial charge in [-0.3, -0.25) is 14.4 Å². The average Bonchev–Trinajstić information content (AvgIpc) is 3.08. The van der Waals surface area contributed by atoms with E-state index in [1.807, 2.05) is 0 Å². The molecule has 26 heavy (non-hydrogen) atoms. The van der Waals surface area contributed by atoms with Crippen molar-refractivity contribution in [2.45, 2.75) is 32.2 Å². The smallest absolute Gasteiger partial charge is 0.354 e. The molecular weight excluding hydrogens is 453 g/mol. The first-order valence-corrected chi connectivity index (χ1v) is 9.06. The lowest BCUT2D eigenvalue weighted by molar-refractivity contribution is -0.141. The summed E-state index contributed by atoms with van der Waals surface area (Å²) in [6, 6.07) is 6.88. The summed E-state index contributed by atoms with van der Waals surface area (Å²) >= 11 is 2.12. The standard InChI is InChI=1S/C17H16IN3O5/c1-3-26-15(24)13-8-17(21(19-13)10(2)22)9-14(23)20(16(17)25)12-6-4-11(18)5-7-12/h4-7H,3,8-9H2,1-2H3/t17-/m1/s1. The van der Waals surface area contributed by atoms with Gasteiger partial charge in [0, 0.05) is 16.9 Å². The van der Waals surface area contributed by atoms with Crippen LogP contribution in [0.15, 0.2) is 29.4 Å². The molecule has 8 nitrogen and oxygen atoms in total. The van der Waals surface area contributed by atoms with Gasteiger partial charge in [-0.1, -0.05) is 0 Å². The van der Waals surface area contributed by atoms with Gasteiger partial charge in [0.2, 0.25) is 11.8 Å². The minimum absolute atomic E-state index is 0.0346. The topological polar surface area (TPSA) is 96.3 Å². The predicted molar refractivity (Wildman–Crippen MR) is 100 cm³/mol. The summed E-state index contributed by atoms with van der Waals surface area (Å²) in [6.07, 6.45) is -0.374. The number of halogens is 1. The molecule has 0 aliphatic carbocycles. The maximum absolute atomic E-state index is 13.2. The highest BCUT2D eigenvalue weighted by molar-refractivity contribution is 14.1. The Morgan fingerprint density at radius 1 is 1.23 bits per heavy atom. The number of hydrogen-bond acceptors (Lipinski definition) is 6. The van der Waals surface area contributed by atoms with Crippen molar-refractivity contribution in [3.8, 4) is 0 Å². The van der Waals surface area contributed by atoms with E-state index in [-0.39, 0.29) is 25.2 Å². The zero-order valence-corrected chi connectivity index (χ0v) is 16.3. The van der Waals surface area contributed by atoms with Crippen LogP contribution < -0.4 is 4.90 Å². The molecular formula is C17H16IN3O5. The highest BCUT2D eigenvalue weighted by Gasteiger charge is 2.61. The third-order valence-corrected chi connectivity index (χ3v) is 4.99. The molecule has 0 unspecified atom stereocenters. The minimum Gasteiger partial charge on any atom is -0.461 e. The predicted octanol–water partition coefficient (Wildman–Crippen LogP) is 1.46. The number of esters is 1. The summed E-state index contributed by atoms with van der Waals surface area (Å²) in [6.45, 7) is 3.03. The van der Waals surface area contributed by atoms with Crippen molar-refractivity contribution in [3.63, 3.8) is 0 Å². The van der Waals surface area contributed by atoms with Crippen LogP contribution in [-0.2, 0) is 23.9 Å². The number of ether oxygens (including phenoxy) is 1. The van der Waals surface area contributed by atoms with Crippen LogP contribution in [0.2, 0.25) is 0 Å². The Morgan fingerprint density at radius 3 is 2.46 bits per heavy atom. The van der Waals surface area contributed by atoms with Crippen molar-refractivity contribution in [1.29, 1.82) is 0 Å².